The van der Waals surface area contributed by atoms with Crippen molar-refractivity contribution < 1.29 is 23.7 Å². The van der Waals surface area contributed by atoms with E-state index in [1.54, 1.807) is 54.4 Å². The van der Waals surface area contributed by atoms with Crippen LogP contribution < -0.4 is 24.3 Å². The summed E-state index contributed by atoms with van der Waals surface area (Å²) in [5.74, 6) is 2.29. The van der Waals surface area contributed by atoms with Crippen LogP contribution in [0.2, 0.25) is 10.0 Å². The molecule has 40 heavy (non-hydrogen) atoms. The number of rotatable bonds is 10. The number of carbonyl (C=O) groups excluding carboxylic acids is 1. The van der Waals surface area contributed by atoms with Gasteiger partial charge < -0.3 is 24.3 Å². The van der Waals surface area contributed by atoms with Crippen molar-refractivity contribution in [2.75, 3.05) is 13.9 Å². The average Bonchev–Trinajstić information content (AvgIpc) is 3.64. The third-order valence-electron chi connectivity index (χ3n) is 5.82. The summed E-state index contributed by atoms with van der Waals surface area (Å²) < 4.78 is 23.7. The van der Waals surface area contributed by atoms with Crippen LogP contribution in [0, 0.1) is 0 Å². The molecule has 9 nitrogen and oxygen atoms in total. The maximum atomic E-state index is 12.2. The molecule has 0 aliphatic carbocycles. The molecule has 3 aromatic carbocycles. The van der Waals surface area contributed by atoms with Crippen molar-refractivity contribution in [2.45, 2.75) is 13.2 Å². The number of hydrogen-bond acceptors (Lipinski definition) is 7. The summed E-state index contributed by atoms with van der Waals surface area (Å²) >= 11 is 12.1. The van der Waals surface area contributed by atoms with E-state index in [-0.39, 0.29) is 19.3 Å². The van der Waals surface area contributed by atoms with Gasteiger partial charge in [0.05, 0.1) is 29.0 Å². The lowest BCUT2D eigenvalue weighted by atomic mass is 10.2. The summed E-state index contributed by atoms with van der Waals surface area (Å²) in [6.45, 7) is 0.734. The summed E-state index contributed by atoms with van der Waals surface area (Å²) in [5, 5.41) is 12.0. The number of amides is 1. The number of halogens is 2. The van der Waals surface area contributed by atoms with Crippen LogP contribution in [0.4, 0.5) is 0 Å². The van der Waals surface area contributed by atoms with Gasteiger partial charge in [0.15, 0.2) is 23.0 Å². The van der Waals surface area contributed by atoms with Gasteiger partial charge >= 0.3 is 0 Å². The van der Waals surface area contributed by atoms with Crippen molar-refractivity contribution in [3.8, 4) is 28.7 Å². The molecular weight excluding hydrogens is 555 g/mol. The van der Waals surface area contributed by atoms with Gasteiger partial charge in [-0.25, -0.2) is 4.68 Å². The molecule has 0 bridgehead atoms. The van der Waals surface area contributed by atoms with Gasteiger partial charge in [-0.05, 0) is 53.6 Å². The molecule has 0 unspecified atom stereocenters. The van der Waals surface area contributed by atoms with Gasteiger partial charge in [-0.15, -0.1) is 5.10 Å². The number of fused-ring (bicyclic) bond motifs is 1. The zero-order valence-corrected chi connectivity index (χ0v) is 22.9. The predicted molar refractivity (Wildman–Crippen MR) is 151 cm³/mol. The first kappa shape index (κ1) is 27.1. The lowest BCUT2D eigenvalue weighted by Gasteiger charge is -2.11. The van der Waals surface area contributed by atoms with Crippen molar-refractivity contribution in [1.82, 2.24) is 20.3 Å². The van der Waals surface area contributed by atoms with Gasteiger partial charge in [-0.1, -0.05) is 58.8 Å². The van der Waals surface area contributed by atoms with Crippen LogP contribution >= 0.6 is 23.2 Å². The monoisotopic (exact) mass is 578 g/mol. The smallest absolute Gasteiger partial charge is 0.244 e. The topological polar surface area (TPSA) is 96.7 Å². The fourth-order valence-electron chi connectivity index (χ4n) is 3.79. The van der Waals surface area contributed by atoms with E-state index in [0.29, 0.717) is 39.5 Å². The maximum Gasteiger partial charge on any atom is 0.244 e. The molecule has 1 aliphatic rings. The minimum Gasteiger partial charge on any atom is -0.493 e. The summed E-state index contributed by atoms with van der Waals surface area (Å²) in [6, 6.07) is 16.3. The molecule has 0 radical (unpaired) electrons. The van der Waals surface area contributed by atoms with Crippen molar-refractivity contribution >= 4 is 35.2 Å². The number of carbonyl (C=O) groups is 1. The Morgan fingerprint density at radius 3 is 2.75 bits per heavy atom. The van der Waals surface area contributed by atoms with Crippen LogP contribution in [0.25, 0.3) is 11.8 Å². The number of ether oxygens (including phenoxy) is 4. The molecule has 1 aliphatic heterocycles. The first-order valence-electron chi connectivity index (χ1n) is 12.2. The number of nitrogens with zero attached hydrogens (tertiary/aromatic N) is 3. The highest BCUT2D eigenvalue weighted by Crippen LogP contribution is 2.33. The van der Waals surface area contributed by atoms with Gasteiger partial charge in [-0.2, -0.15) is 0 Å². The Morgan fingerprint density at radius 2 is 1.90 bits per heavy atom. The van der Waals surface area contributed by atoms with Gasteiger partial charge in [0.2, 0.25) is 12.7 Å². The van der Waals surface area contributed by atoms with Crippen molar-refractivity contribution in [3.63, 3.8) is 0 Å². The van der Waals surface area contributed by atoms with Crippen LogP contribution in [-0.2, 0) is 17.9 Å². The fourth-order valence-corrected chi connectivity index (χ4v) is 4.08. The lowest BCUT2D eigenvalue weighted by molar-refractivity contribution is -0.116. The van der Waals surface area contributed by atoms with Crippen molar-refractivity contribution in [1.29, 1.82) is 0 Å². The Kier molecular flexibility index (Phi) is 8.53. The molecule has 0 saturated heterocycles. The van der Waals surface area contributed by atoms with E-state index >= 15 is 0 Å². The summed E-state index contributed by atoms with van der Waals surface area (Å²) in [4.78, 5) is 12.2. The second-order valence-corrected chi connectivity index (χ2v) is 9.39. The highest BCUT2D eigenvalue weighted by atomic mass is 35.5. The van der Waals surface area contributed by atoms with Crippen molar-refractivity contribution in [2.24, 2.45) is 0 Å². The zero-order chi connectivity index (χ0) is 27.9. The Balaban J connectivity index is 1.12. The minimum absolute atomic E-state index is 0.179. The third kappa shape index (κ3) is 6.74. The number of nitrogens with one attached hydrogen (secondary N) is 1. The predicted octanol–water partition coefficient (Wildman–Crippen LogP) is 5.78. The minimum atomic E-state index is -0.223. The number of aromatic nitrogens is 3. The molecule has 11 heteroatoms. The van der Waals surface area contributed by atoms with Crippen LogP contribution in [-0.4, -0.2) is 34.8 Å². The van der Waals surface area contributed by atoms with Crippen LogP contribution in [0.15, 0.2) is 79.0 Å². The molecule has 5 rings (SSSR count). The zero-order valence-electron chi connectivity index (χ0n) is 21.3. The number of allylic oxidation sites excluding steroid dienone is 2. The van der Waals surface area contributed by atoms with Crippen LogP contribution in [0.3, 0.4) is 0 Å². The first-order chi connectivity index (χ1) is 19.5. The highest BCUT2D eigenvalue weighted by Gasteiger charge is 2.12. The van der Waals surface area contributed by atoms with E-state index in [2.05, 4.69) is 15.6 Å². The van der Waals surface area contributed by atoms with Crippen LogP contribution in [0.5, 0.6) is 23.0 Å². The molecule has 1 amide bonds. The van der Waals surface area contributed by atoms with Crippen LogP contribution in [0.1, 0.15) is 16.8 Å². The Bertz CT molecular complexity index is 1580. The highest BCUT2D eigenvalue weighted by molar-refractivity contribution is 6.42. The largest absolute Gasteiger partial charge is 0.493 e. The van der Waals surface area contributed by atoms with Gasteiger partial charge in [0, 0.05) is 12.6 Å². The molecular formula is C29H24Cl2N4O5. The molecule has 1 aromatic heterocycles. The number of methoxy groups -OCH3 is 1. The SMILES string of the molecule is COc1cc(CNC(=O)/C=C/C=C/c2ccc3c(c2)OCO3)ccc1OCc1cn(-c2ccc(Cl)c(Cl)c2)nn1. The third-order valence-corrected chi connectivity index (χ3v) is 6.56. The van der Waals surface area contributed by atoms with E-state index in [4.69, 9.17) is 42.1 Å². The summed E-state index contributed by atoms with van der Waals surface area (Å²) in [6.07, 6.45) is 8.55. The molecule has 0 fully saturated rings. The molecule has 0 saturated carbocycles. The average molecular weight is 579 g/mol. The molecule has 204 valence electrons. The van der Waals surface area contributed by atoms with E-state index < -0.39 is 0 Å². The molecule has 1 N–H and O–H groups in total. The lowest BCUT2D eigenvalue weighted by Crippen LogP contribution is -2.20. The van der Waals surface area contributed by atoms with Crippen molar-refractivity contribution in [3.05, 3.63) is 106 Å². The van der Waals surface area contributed by atoms with Gasteiger partial charge in [0.1, 0.15) is 12.3 Å². The second-order valence-electron chi connectivity index (χ2n) is 8.58. The van der Waals surface area contributed by atoms with Gasteiger partial charge in [-0.3, -0.25) is 4.79 Å². The molecule has 4 aromatic rings. The molecule has 2 heterocycles. The molecule has 0 atom stereocenters. The van der Waals surface area contributed by atoms with Gasteiger partial charge in [0.25, 0.3) is 0 Å². The Hall–Kier alpha value is -4.47. The summed E-state index contributed by atoms with van der Waals surface area (Å²) in [5.41, 5.74) is 3.14. The second kappa shape index (κ2) is 12.6. The van der Waals surface area contributed by atoms with E-state index in [9.17, 15) is 4.79 Å². The summed E-state index contributed by atoms with van der Waals surface area (Å²) in [7, 11) is 1.56. The standard InChI is InChI=1S/C29H24Cl2N4O5/c1-37-27-13-20(15-32-29(36)5-3-2-4-19-6-10-26-28(12-19)40-18-39-26)7-11-25(27)38-17-21-16-35(34-33-21)22-8-9-23(30)24(31)14-22/h2-14,16H,15,17-18H2,1H3,(H,32,36)/b4-2+,5-3+. The number of hydrogen-bond donors (Lipinski definition) is 1. The maximum absolute atomic E-state index is 12.2. The molecule has 0 spiro atoms. The normalized spacial score (nSPS) is 12.3. The Labute approximate surface area is 240 Å². The fraction of sp³-hybridized carbons (Fsp3) is 0.138. The van der Waals surface area contributed by atoms with E-state index in [1.165, 1.54) is 6.08 Å². The number of benzene rings is 3. The Morgan fingerprint density at radius 1 is 1.02 bits per heavy atom. The van der Waals surface area contributed by atoms with E-state index in [1.807, 2.05) is 36.4 Å². The quantitative estimate of drug-likeness (QED) is 0.188. The van der Waals surface area contributed by atoms with E-state index in [0.717, 1.165) is 22.6 Å². The first-order valence-corrected chi connectivity index (χ1v) is 12.9.